The van der Waals surface area contributed by atoms with E-state index >= 15 is 0 Å². The van der Waals surface area contributed by atoms with Crippen LogP contribution in [-0.4, -0.2) is 24.5 Å². The zero-order chi connectivity index (χ0) is 15.5. The lowest BCUT2D eigenvalue weighted by Crippen LogP contribution is -2.30. The smallest absolute Gasteiger partial charge is 0.310 e. The molecule has 1 heterocycles. The third kappa shape index (κ3) is 3.47. The highest BCUT2D eigenvalue weighted by Crippen LogP contribution is 2.23. The van der Waals surface area contributed by atoms with Crippen LogP contribution in [0.25, 0.3) is 11.0 Å². The minimum atomic E-state index is -0.423. The number of carbonyl (C=O) groups excluding carboxylic acids is 2. The predicted octanol–water partition coefficient (Wildman–Crippen LogP) is 2.36. The molecule has 1 N–H and O–H groups in total. The Morgan fingerprint density at radius 3 is 2.91 bits per heavy atom. The summed E-state index contributed by atoms with van der Waals surface area (Å²) in [6.45, 7) is 1.86. The van der Waals surface area contributed by atoms with Gasteiger partial charge in [-0.2, -0.15) is 0 Å². The molecule has 1 amide bonds. The Balaban J connectivity index is 1.57. The molecule has 22 heavy (non-hydrogen) atoms. The van der Waals surface area contributed by atoms with Crippen molar-refractivity contribution < 1.29 is 18.7 Å². The van der Waals surface area contributed by atoms with Crippen molar-refractivity contribution in [2.24, 2.45) is 0 Å². The lowest BCUT2D eigenvalue weighted by atomic mass is 10.1. The summed E-state index contributed by atoms with van der Waals surface area (Å²) in [5, 5.41) is 3.69. The quantitative estimate of drug-likeness (QED) is 0.832. The first-order chi connectivity index (χ1) is 10.7. The maximum absolute atomic E-state index is 11.8. The molecule has 0 saturated heterocycles. The lowest BCUT2D eigenvalue weighted by molar-refractivity contribution is -0.147. The normalized spacial score (nSPS) is 14.0. The molecule has 5 nitrogen and oxygen atoms in total. The van der Waals surface area contributed by atoms with Gasteiger partial charge in [-0.3, -0.25) is 9.59 Å². The standard InChI is InChI=1S/C17H19NO4/c1-2-11-3-6-14-12(9-21-15(14)7-11)8-17(20)22-10-16(19)18-13-4-5-13/h3,6-7,9,13H,2,4-5,8,10H2,1H3,(H,18,19). The number of ether oxygens (including phenoxy) is 1. The second-order valence-corrected chi connectivity index (χ2v) is 5.62. The summed E-state index contributed by atoms with van der Waals surface area (Å²) < 4.78 is 10.5. The van der Waals surface area contributed by atoms with Crippen molar-refractivity contribution in [3.05, 3.63) is 35.6 Å². The summed E-state index contributed by atoms with van der Waals surface area (Å²) >= 11 is 0. The molecular weight excluding hydrogens is 282 g/mol. The number of rotatable bonds is 6. The minimum absolute atomic E-state index is 0.106. The summed E-state index contributed by atoms with van der Waals surface area (Å²) in [6.07, 6.45) is 4.65. The average molecular weight is 301 g/mol. The molecule has 0 atom stereocenters. The van der Waals surface area contributed by atoms with Crippen molar-refractivity contribution >= 4 is 22.8 Å². The van der Waals surface area contributed by atoms with Crippen LogP contribution in [0.2, 0.25) is 0 Å². The molecule has 1 aliphatic rings. The Labute approximate surface area is 128 Å². The van der Waals surface area contributed by atoms with Crippen LogP contribution in [0.4, 0.5) is 0 Å². The van der Waals surface area contributed by atoms with Crippen LogP contribution < -0.4 is 5.32 Å². The van der Waals surface area contributed by atoms with Crippen molar-refractivity contribution in [2.75, 3.05) is 6.61 Å². The van der Waals surface area contributed by atoms with Gasteiger partial charge in [0.05, 0.1) is 12.7 Å². The molecule has 0 bridgehead atoms. The minimum Gasteiger partial charge on any atom is -0.464 e. The van der Waals surface area contributed by atoms with Gasteiger partial charge in [0.15, 0.2) is 6.61 Å². The first-order valence-electron chi connectivity index (χ1n) is 7.59. The van der Waals surface area contributed by atoms with Crippen molar-refractivity contribution in [1.29, 1.82) is 0 Å². The number of carbonyl (C=O) groups is 2. The van der Waals surface area contributed by atoms with Gasteiger partial charge in [-0.25, -0.2) is 0 Å². The molecule has 1 aromatic carbocycles. The fourth-order valence-electron chi connectivity index (χ4n) is 2.33. The highest BCUT2D eigenvalue weighted by Gasteiger charge is 2.23. The van der Waals surface area contributed by atoms with Gasteiger partial charge in [-0.05, 0) is 30.9 Å². The van der Waals surface area contributed by atoms with Crippen LogP contribution in [0.3, 0.4) is 0 Å². The van der Waals surface area contributed by atoms with Crippen molar-refractivity contribution in [2.45, 2.75) is 38.6 Å². The van der Waals surface area contributed by atoms with E-state index < -0.39 is 5.97 Å². The first kappa shape index (κ1) is 14.6. The van der Waals surface area contributed by atoms with Gasteiger partial charge in [0.25, 0.3) is 5.91 Å². The highest BCUT2D eigenvalue weighted by atomic mass is 16.5. The molecule has 5 heteroatoms. The van der Waals surface area contributed by atoms with Crippen LogP contribution >= 0.6 is 0 Å². The summed E-state index contributed by atoms with van der Waals surface area (Å²) in [5.74, 6) is -0.659. The van der Waals surface area contributed by atoms with E-state index in [4.69, 9.17) is 9.15 Å². The second-order valence-electron chi connectivity index (χ2n) is 5.62. The summed E-state index contributed by atoms with van der Waals surface area (Å²) in [6, 6.07) is 6.24. The number of hydrogen-bond acceptors (Lipinski definition) is 4. The largest absolute Gasteiger partial charge is 0.464 e. The van der Waals surface area contributed by atoms with E-state index in [0.717, 1.165) is 35.8 Å². The number of esters is 1. The third-order valence-electron chi connectivity index (χ3n) is 3.77. The summed E-state index contributed by atoms with van der Waals surface area (Å²) in [5.41, 5.74) is 2.74. The van der Waals surface area contributed by atoms with Crippen LogP contribution in [0.15, 0.2) is 28.9 Å². The predicted molar refractivity (Wildman–Crippen MR) is 81.4 cm³/mol. The molecule has 3 rings (SSSR count). The van der Waals surface area contributed by atoms with Gasteiger partial charge < -0.3 is 14.5 Å². The van der Waals surface area contributed by atoms with Crippen LogP contribution in [0.5, 0.6) is 0 Å². The molecule has 0 radical (unpaired) electrons. The number of furan rings is 1. The zero-order valence-corrected chi connectivity index (χ0v) is 12.6. The lowest BCUT2D eigenvalue weighted by Gasteiger charge is -2.05. The molecule has 0 unspecified atom stereocenters. The zero-order valence-electron chi connectivity index (χ0n) is 12.6. The molecule has 116 valence electrons. The topological polar surface area (TPSA) is 68.5 Å². The van der Waals surface area contributed by atoms with Gasteiger partial charge in [0.1, 0.15) is 5.58 Å². The fourth-order valence-corrected chi connectivity index (χ4v) is 2.33. The van der Waals surface area contributed by atoms with E-state index in [2.05, 4.69) is 12.2 Å². The Morgan fingerprint density at radius 1 is 1.36 bits per heavy atom. The van der Waals surface area contributed by atoms with Gasteiger partial charge in [0, 0.05) is 17.0 Å². The third-order valence-corrected chi connectivity index (χ3v) is 3.77. The van der Waals surface area contributed by atoms with E-state index in [1.807, 2.05) is 18.2 Å². The average Bonchev–Trinajstić information content (AvgIpc) is 3.25. The number of benzene rings is 1. The second kappa shape index (κ2) is 6.22. The highest BCUT2D eigenvalue weighted by molar-refractivity contribution is 5.87. The maximum Gasteiger partial charge on any atom is 0.310 e. The van der Waals surface area contributed by atoms with E-state index in [-0.39, 0.29) is 25.0 Å². The Kier molecular flexibility index (Phi) is 4.13. The summed E-state index contributed by atoms with van der Waals surface area (Å²) in [4.78, 5) is 23.3. The SMILES string of the molecule is CCc1ccc2c(CC(=O)OCC(=O)NC3CC3)coc2c1. The van der Waals surface area contributed by atoms with E-state index in [0.29, 0.717) is 0 Å². The molecule has 1 aliphatic carbocycles. The first-order valence-corrected chi connectivity index (χ1v) is 7.59. The number of amides is 1. The van der Waals surface area contributed by atoms with Crippen molar-refractivity contribution in [1.82, 2.24) is 5.32 Å². The number of aryl methyl sites for hydroxylation is 1. The van der Waals surface area contributed by atoms with Crippen LogP contribution in [0, 0.1) is 0 Å². The fraction of sp³-hybridized carbons (Fsp3) is 0.412. The molecule has 1 fully saturated rings. The van der Waals surface area contributed by atoms with Gasteiger partial charge >= 0.3 is 5.97 Å². The van der Waals surface area contributed by atoms with Gasteiger partial charge in [0.2, 0.25) is 0 Å². The van der Waals surface area contributed by atoms with Crippen molar-refractivity contribution in [3.63, 3.8) is 0 Å². The molecule has 0 aliphatic heterocycles. The Morgan fingerprint density at radius 2 is 2.18 bits per heavy atom. The molecule has 1 saturated carbocycles. The number of fused-ring (bicyclic) bond motifs is 1. The van der Waals surface area contributed by atoms with E-state index in [1.54, 1.807) is 6.26 Å². The number of nitrogens with one attached hydrogen (secondary N) is 1. The molecule has 2 aromatic rings. The Hall–Kier alpha value is -2.30. The molecule has 1 aromatic heterocycles. The molecular formula is C17H19NO4. The van der Waals surface area contributed by atoms with E-state index in [9.17, 15) is 9.59 Å². The monoisotopic (exact) mass is 301 g/mol. The van der Waals surface area contributed by atoms with Gasteiger partial charge in [-0.15, -0.1) is 0 Å². The maximum atomic E-state index is 11.8. The molecule has 0 spiro atoms. The van der Waals surface area contributed by atoms with Crippen LogP contribution in [0.1, 0.15) is 30.9 Å². The van der Waals surface area contributed by atoms with E-state index in [1.165, 1.54) is 5.56 Å². The Bertz CT molecular complexity index is 700. The van der Waals surface area contributed by atoms with Crippen molar-refractivity contribution in [3.8, 4) is 0 Å². The summed E-state index contributed by atoms with van der Waals surface area (Å²) in [7, 11) is 0. The van der Waals surface area contributed by atoms with Gasteiger partial charge in [-0.1, -0.05) is 19.1 Å². The van der Waals surface area contributed by atoms with Crippen LogP contribution in [-0.2, 0) is 27.2 Å². The number of hydrogen-bond donors (Lipinski definition) is 1.